The Morgan fingerprint density at radius 3 is 2.55 bits per heavy atom. The summed E-state index contributed by atoms with van der Waals surface area (Å²) in [6.45, 7) is 3.22. The van der Waals surface area contributed by atoms with Crippen LogP contribution >= 0.6 is 11.6 Å². The number of nitrogens with two attached hydrogens (primary N) is 1. The summed E-state index contributed by atoms with van der Waals surface area (Å²) >= 11 is 5.84. The molecule has 0 saturated heterocycles. The topological polar surface area (TPSA) is 115 Å². The lowest BCUT2D eigenvalue weighted by atomic mass is 9.99. The van der Waals surface area contributed by atoms with Crippen LogP contribution in [0.4, 0.5) is 5.69 Å². The summed E-state index contributed by atoms with van der Waals surface area (Å²) in [5, 5.41) is 13.1. The van der Waals surface area contributed by atoms with Crippen LogP contribution in [0.3, 0.4) is 0 Å². The average Bonchev–Trinajstić information content (AvgIpc) is 2.25. The highest BCUT2D eigenvalue weighted by Gasteiger charge is 2.26. The highest BCUT2D eigenvalue weighted by molar-refractivity contribution is 6.35. The van der Waals surface area contributed by atoms with Crippen molar-refractivity contribution in [2.24, 2.45) is 5.73 Å². The molecule has 0 spiro atoms. The van der Waals surface area contributed by atoms with Gasteiger partial charge in [-0.15, -0.1) is 0 Å². The number of nitro benzene ring substituents is 1. The molecule has 0 heterocycles. The number of hydrogen-bond donors (Lipinski definition) is 2. The molecule has 0 aliphatic rings. The van der Waals surface area contributed by atoms with Crippen LogP contribution in [0.1, 0.15) is 30.6 Å². The predicted octanol–water partition coefficient (Wildman–Crippen LogP) is 1.63. The summed E-state index contributed by atoms with van der Waals surface area (Å²) in [6, 6.07) is 3.93. The van der Waals surface area contributed by atoms with E-state index in [1.54, 1.807) is 13.8 Å². The van der Waals surface area contributed by atoms with Crippen molar-refractivity contribution >= 4 is 29.1 Å². The second-order valence-electron chi connectivity index (χ2n) is 4.88. The number of amides is 2. The van der Waals surface area contributed by atoms with E-state index in [2.05, 4.69) is 5.32 Å². The van der Waals surface area contributed by atoms with Gasteiger partial charge in [0.15, 0.2) is 0 Å². The van der Waals surface area contributed by atoms with Crippen molar-refractivity contribution in [3.8, 4) is 0 Å². The number of carbonyl (C=O) groups excluding carboxylic acids is 2. The van der Waals surface area contributed by atoms with Crippen LogP contribution < -0.4 is 11.1 Å². The van der Waals surface area contributed by atoms with Gasteiger partial charge in [-0.25, -0.2) is 0 Å². The lowest BCUT2D eigenvalue weighted by Crippen LogP contribution is -2.46. The Kier molecular flexibility index (Phi) is 4.67. The monoisotopic (exact) mass is 299 g/mol. The molecule has 1 aromatic carbocycles. The second-order valence-corrected chi connectivity index (χ2v) is 5.25. The van der Waals surface area contributed by atoms with Gasteiger partial charge in [0.1, 0.15) is 5.02 Å². The summed E-state index contributed by atoms with van der Waals surface area (Å²) in [7, 11) is 0. The van der Waals surface area contributed by atoms with E-state index in [4.69, 9.17) is 17.3 Å². The highest BCUT2D eigenvalue weighted by Crippen LogP contribution is 2.28. The third-order valence-electron chi connectivity index (χ3n) is 2.49. The zero-order valence-electron chi connectivity index (χ0n) is 11.0. The van der Waals surface area contributed by atoms with E-state index in [1.807, 2.05) is 0 Å². The zero-order chi connectivity index (χ0) is 15.5. The minimum absolute atomic E-state index is 0.0292. The van der Waals surface area contributed by atoms with E-state index in [0.717, 1.165) is 0 Å². The third kappa shape index (κ3) is 3.92. The van der Waals surface area contributed by atoms with Crippen LogP contribution in [-0.4, -0.2) is 22.3 Å². The first-order valence-electron chi connectivity index (χ1n) is 5.68. The first-order chi connectivity index (χ1) is 9.14. The van der Waals surface area contributed by atoms with E-state index >= 15 is 0 Å². The van der Waals surface area contributed by atoms with Gasteiger partial charge in [-0.05, 0) is 19.9 Å². The number of nitrogens with zero attached hydrogens (tertiary/aromatic N) is 1. The van der Waals surface area contributed by atoms with E-state index in [-0.39, 0.29) is 22.7 Å². The van der Waals surface area contributed by atoms with E-state index in [1.165, 1.54) is 18.2 Å². The number of rotatable bonds is 5. The lowest BCUT2D eigenvalue weighted by molar-refractivity contribution is -0.384. The van der Waals surface area contributed by atoms with Crippen molar-refractivity contribution in [3.05, 3.63) is 38.9 Å². The van der Waals surface area contributed by atoms with Crippen molar-refractivity contribution in [1.29, 1.82) is 0 Å². The second kappa shape index (κ2) is 5.87. The molecule has 7 nitrogen and oxygen atoms in total. The molecule has 8 heteroatoms. The van der Waals surface area contributed by atoms with Gasteiger partial charge < -0.3 is 11.1 Å². The summed E-state index contributed by atoms with van der Waals surface area (Å²) in [5.41, 5.74) is 3.82. The van der Waals surface area contributed by atoms with Crippen molar-refractivity contribution in [3.63, 3.8) is 0 Å². The Labute approximate surface area is 120 Å². The van der Waals surface area contributed by atoms with Gasteiger partial charge in [0, 0.05) is 18.0 Å². The molecular weight excluding hydrogens is 286 g/mol. The van der Waals surface area contributed by atoms with Crippen molar-refractivity contribution in [2.75, 3.05) is 0 Å². The summed E-state index contributed by atoms with van der Waals surface area (Å²) in [5.74, 6) is -1.18. The van der Waals surface area contributed by atoms with Crippen LogP contribution in [0, 0.1) is 10.1 Å². The van der Waals surface area contributed by atoms with Gasteiger partial charge in [-0.2, -0.15) is 0 Å². The van der Waals surface area contributed by atoms with E-state index < -0.39 is 22.3 Å². The lowest BCUT2D eigenvalue weighted by Gasteiger charge is -2.24. The molecule has 108 valence electrons. The van der Waals surface area contributed by atoms with Gasteiger partial charge in [0.2, 0.25) is 5.91 Å². The van der Waals surface area contributed by atoms with Gasteiger partial charge in [0.25, 0.3) is 11.6 Å². The Bertz CT molecular complexity index is 572. The fourth-order valence-electron chi connectivity index (χ4n) is 1.69. The molecule has 1 aromatic rings. The molecular formula is C12H14ClN3O4. The van der Waals surface area contributed by atoms with Crippen LogP contribution in [0.25, 0.3) is 0 Å². The number of carbonyl (C=O) groups is 2. The molecule has 0 atom stereocenters. The predicted molar refractivity (Wildman–Crippen MR) is 73.5 cm³/mol. The van der Waals surface area contributed by atoms with Crippen LogP contribution in [-0.2, 0) is 4.79 Å². The molecule has 0 fully saturated rings. The molecule has 0 aliphatic carbocycles. The first-order valence-corrected chi connectivity index (χ1v) is 6.05. The maximum atomic E-state index is 12.1. The Morgan fingerprint density at radius 2 is 2.05 bits per heavy atom. The molecule has 2 amide bonds. The number of benzene rings is 1. The summed E-state index contributed by atoms with van der Waals surface area (Å²) in [4.78, 5) is 33.0. The largest absolute Gasteiger partial charge is 0.370 e. The maximum absolute atomic E-state index is 12.1. The van der Waals surface area contributed by atoms with E-state index in [9.17, 15) is 19.7 Å². The third-order valence-corrected chi connectivity index (χ3v) is 2.88. The number of hydrogen-bond acceptors (Lipinski definition) is 4. The van der Waals surface area contributed by atoms with Crippen LogP contribution in [0.15, 0.2) is 18.2 Å². The minimum atomic E-state index is -0.878. The number of halogens is 1. The number of nitro groups is 1. The molecule has 0 radical (unpaired) electrons. The van der Waals surface area contributed by atoms with Gasteiger partial charge in [-0.1, -0.05) is 17.7 Å². The Morgan fingerprint density at radius 1 is 1.45 bits per heavy atom. The molecule has 1 rings (SSSR count). The minimum Gasteiger partial charge on any atom is -0.370 e. The molecule has 20 heavy (non-hydrogen) atoms. The van der Waals surface area contributed by atoms with Crippen molar-refractivity contribution in [1.82, 2.24) is 5.32 Å². The smallest absolute Gasteiger partial charge is 0.288 e. The molecule has 0 aromatic heterocycles. The van der Waals surface area contributed by atoms with Crippen LogP contribution in [0.5, 0.6) is 0 Å². The standard InChI is InChI=1S/C12H14ClN3O4/c1-12(2,6-9(14)17)15-11(18)7-4-3-5-8(10(7)13)16(19)20/h3-5H,6H2,1-2H3,(H2,14,17)(H,15,18). The number of nitrogens with one attached hydrogen (secondary N) is 1. The molecule has 3 N–H and O–H groups in total. The zero-order valence-corrected chi connectivity index (χ0v) is 11.7. The normalized spacial score (nSPS) is 10.9. The molecule has 0 saturated carbocycles. The highest BCUT2D eigenvalue weighted by atomic mass is 35.5. The fraction of sp³-hybridized carbons (Fsp3) is 0.333. The SMILES string of the molecule is CC(C)(CC(N)=O)NC(=O)c1cccc([N+](=O)[O-])c1Cl. The number of primary amides is 1. The molecule has 0 aliphatic heterocycles. The summed E-state index contributed by atoms with van der Waals surface area (Å²) < 4.78 is 0. The van der Waals surface area contributed by atoms with Crippen molar-refractivity contribution < 1.29 is 14.5 Å². The Hall–Kier alpha value is -2.15. The molecule has 0 unspecified atom stereocenters. The Balaban J connectivity index is 3.02. The van der Waals surface area contributed by atoms with E-state index in [0.29, 0.717) is 0 Å². The van der Waals surface area contributed by atoms with Gasteiger partial charge >= 0.3 is 0 Å². The maximum Gasteiger partial charge on any atom is 0.288 e. The fourth-order valence-corrected chi connectivity index (χ4v) is 1.97. The first kappa shape index (κ1) is 15.9. The average molecular weight is 300 g/mol. The molecule has 0 bridgehead atoms. The summed E-state index contributed by atoms with van der Waals surface area (Å²) in [6.07, 6.45) is -0.0642. The van der Waals surface area contributed by atoms with Crippen LogP contribution in [0.2, 0.25) is 5.02 Å². The van der Waals surface area contributed by atoms with Crippen molar-refractivity contribution in [2.45, 2.75) is 25.8 Å². The quantitative estimate of drug-likeness (QED) is 0.635. The van der Waals surface area contributed by atoms with Gasteiger partial charge in [0.05, 0.1) is 10.5 Å². The van der Waals surface area contributed by atoms with Gasteiger partial charge in [-0.3, -0.25) is 19.7 Å².